The predicted octanol–water partition coefficient (Wildman–Crippen LogP) is 1.31. The molecular weight excluding hydrogens is 202 g/mol. The molecule has 0 spiro atoms. The predicted molar refractivity (Wildman–Crippen MR) is 62.6 cm³/mol. The first kappa shape index (κ1) is 9.66. The second kappa shape index (κ2) is 3.22. The van der Waals surface area contributed by atoms with Gasteiger partial charge in [-0.05, 0) is 19.1 Å². The lowest BCUT2D eigenvalue weighted by molar-refractivity contribution is 0.0362. The number of hydrogen-bond acceptors (Lipinski definition) is 3. The zero-order valence-corrected chi connectivity index (χ0v) is 9.53. The van der Waals surface area contributed by atoms with Crippen molar-refractivity contribution in [3.8, 4) is 5.75 Å². The van der Waals surface area contributed by atoms with Gasteiger partial charge in [-0.15, -0.1) is 0 Å². The molecule has 0 aromatic carbocycles. The number of aryl methyl sites for hydroxylation is 1. The van der Waals surface area contributed by atoms with Crippen LogP contribution >= 0.6 is 0 Å². The normalized spacial score (nSPS) is 18.4. The maximum absolute atomic E-state index is 6.05. The maximum Gasteiger partial charge on any atom is 0.147 e. The summed E-state index contributed by atoms with van der Waals surface area (Å²) in [5.74, 6) is 0.926. The van der Waals surface area contributed by atoms with E-state index in [1.807, 2.05) is 29.9 Å². The summed E-state index contributed by atoms with van der Waals surface area (Å²) < 4.78 is 8.05. The molecule has 1 N–H and O–H groups in total. The van der Waals surface area contributed by atoms with E-state index in [-0.39, 0.29) is 5.60 Å². The number of fused-ring (bicyclic) bond motifs is 1. The molecular formula is C12H15N3O. The van der Waals surface area contributed by atoms with Crippen molar-refractivity contribution in [2.45, 2.75) is 12.5 Å². The van der Waals surface area contributed by atoms with Gasteiger partial charge < -0.3 is 14.6 Å². The highest BCUT2D eigenvalue weighted by Crippen LogP contribution is 2.30. The van der Waals surface area contributed by atoms with Crippen LogP contribution in [-0.4, -0.2) is 28.2 Å². The fourth-order valence-electron chi connectivity index (χ4n) is 2.07. The fraction of sp³-hybridized carbons (Fsp3) is 0.417. The van der Waals surface area contributed by atoms with Crippen molar-refractivity contribution in [1.82, 2.24) is 14.9 Å². The molecule has 16 heavy (non-hydrogen) atoms. The molecule has 0 amide bonds. The Hall–Kier alpha value is -1.55. The largest absolute Gasteiger partial charge is 0.483 e. The summed E-state index contributed by atoms with van der Waals surface area (Å²) in [7, 11) is 1.99. The summed E-state index contributed by atoms with van der Waals surface area (Å²) in [6, 6.07) is 3.99. The molecule has 84 valence electrons. The van der Waals surface area contributed by atoms with Crippen molar-refractivity contribution in [2.24, 2.45) is 7.05 Å². The quantitative estimate of drug-likeness (QED) is 0.824. The first-order chi connectivity index (χ1) is 7.68. The number of nitrogens with one attached hydrogen (secondary N) is 1. The second-order valence-corrected chi connectivity index (χ2v) is 4.63. The molecule has 3 heterocycles. The third kappa shape index (κ3) is 1.38. The van der Waals surface area contributed by atoms with Gasteiger partial charge in [-0.2, -0.15) is 0 Å². The lowest BCUT2D eigenvalue weighted by atomic mass is 10.00. The maximum atomic E-state index is 6.05. The molecule has 1 fully saturated rings. The summed E-state index contributed by atoms with van der Waals surface area (Å²) in [5, 5.41) is 4.31. The Morgan fingerprint density at radius 3 is 3.00 bits per heavy atom. The molecule has 2 aromatic heterocycles. The molecule has 0 radical (unpaired) electrons. The van der Waals surface area contributed by atoms with Crippen LogP contribution in [0.2, 0.25) is 0 Å². The van der Waals surface area contributed by atoms with Crippen molar-refractivity contribution < 1.29 is 4.74 Å². The topological polar surface area (TPSA) is 39.1 Å². The molecule has 0 aliphatic carbocycles. The molecule has 4 nitrogen and oxygen atoms in total. The molecule has 3 rings (SSSR count). The van der Waals surface area contributed by atoms with Crippen molar-refractivity contribution in [1.29, 1.82) is 0 Å². The molecule has 0 bridgehead atoms. The van der Waals surface area contributed by atoms with Crippen LogP contribution in [0.25, 0.3) is 11.0 Å². The minimum Gasteiger partial charge on any atom is -0.483 e. The fourth-order valence-corrected chi connectivity index (χ4v) is 2.07. The summed E-state index contributed by atoms with van der Waals surface area (Å²) >= 11 is 0. The number of rotatable bonds is 2. The average molecular weight is 217 g/mol. The molecule has 1 aliphatic rings. The zero-order valence-electron chi connectivity index (χ0n) is 9.53. The number of aromatic nitrogens is 2. The van der Waals surface area contributed by atoms with Crippen LogP contribution < -0.4 is 10.1 Å². The lowest BCUT2D eigenvalue weighted by Gasteiger charge is -2.39. The SMILES string of the molecule is Cn1cc(OC2(C)CNC2)c2cccnc21. The Balaban J connectivity index is 2.03. The summed E-state index contributed by atoms with van der Waals surface area (Å²) in [4.78, 5) is 4.34. The molecule has 0 atom stereocenters. The van der Waals surface area contributed by atoms with Crippen molar-refractivity contribution in [3.05, 3.63) is 24.5 Å². The minimum atomic E-state index is -0.0654. The number of nitrogens with zero attached hydrogens (tertiary/aromatic N) is 2. The molecule has 0 unspecified atom stereocenters. The van der Waals surface area contributed by atoms with Crippen LogP contribution in [0.4, 0.5) is 0 Å². The standard InChI is InChI=1S/C12H15N3O/c1-12(7-13-8-12)16-10-6-15(2)11-9(10)4-3-5-14-11/h3-6,13H,7-8H2,1-2H3. The van der Waals surface area contributed by atoms with Gasteiger partial charge in [0.25, 0.3) is 0 Å². The van der Waals surface area contributed by atoms with Gasteiger partial charge in [0.15, 0.2) is 0 Å². The Bertz CT molecular complexity index is 528. The molecule has 0 saturated carbocycles. The first-order valence-electron chi connectivity index (χ1n) is 5.48. The van der Waals surface area contributed by atoms with E-state index in [2.05, 4.69) is 17.2 Å². The van der Waals surface area contributed by atoms with E-state index in [1.54, 1.807) is 6.20 Å². The van der Waals surface area contributed by atoms with E-state index >= 15 is 0 Å². The van der Waals surface area contributed by atoms with Crippen LogP contribution in [0.15, 0.2) is 24.5 Å². The molecule has 4 heteroatoms. The lowest BCUT2D eigenvalue weighted by Crippen LogP contribution is -2.60. The summed E-state index contributed by atoms with van der Waals surface area (Å²) in [6.07, 6.45) is 3.81. The highest BCUT2D eigenvalue weighted by molar-refractivity contribution is 5.83. The highest BCUT2D eigenvalue weighted by Gasteiger charge is 2.34. The van der Waals surface area contributed by atoms with E-state index in [0.29, 0.717) is 0 Å². The van der Waals surface area contributed by atoms with Crippen LogP contribution in [0.1, 0.15) is 6.92 Å². The van der Waals surface area contributed by atoms with E-state index < -0.39 is 0 Å². The van der Waals surface area contributed by atoms with E-state index in [9.17, 15) is 0 Å². The third-order valence-electron chi connectivity index (χ3n) is 3.05. The first-order valence-corrected chi connectivity index (χ1v) is 5.48. The highest BCUT2D eigenvalue weighted by atomic mass is 16.5. The Morgan fingerprint density at radius 1 is 1.50 bits per heavy atom. The van der Waals surface area contributed by atoms with Gasteiger partial charge in [0.05, 0.1) is 5.39 Å². The van der Waals surface area contributed by atoms with Crippen LogP contribution in [0, 0.1) is 0 Å². The van der Waals surface area contributed by atoms with E-state index in [4.69, 9.17) is 4.74 Å². The Kier molecular flexibility index (Phi) is 1.94. The van der Waals surface area contributed by atoms with Gasteiger partial charge in [-0.25, -0.2) is 4.98 Å². The smallest absolute Gasteiger partial charge is 0.147 e. The zero-order chi connectivity index (χ0) is 11.2. The number of ether oxygens (including phenoxy) is 1. The summed E-state index contributed by atoms with van der Waals surface area (Å²) in [6.45, 7) is 3.94. The average Bonchev–Trinajstić information content (AvgIpc) is 2.55. The Labute approximate surface area is 94.2 Å². The van der Waals surface area contributed by atoms with Crippen molar-refractivity contribution >= 4 is 11.0 Å². The summed E-state index contributed by atoms with van der Waals surface area (Å²) in [5.41, 5.74) is 0.901. The van der Waals surface area contributed by atoms with Gasteiger partial charge >= 0.3 is 0 Å². The van der Waals surface area contributed by atoms with Gasteiger partial charge in [0.1, 0.15) is 17.0 Å². The molecule has 1 aliphatic heterocycles. The van der Waals surface area contributed by atoms with Gasteiger partial charge in [-0.1, -0.05) is 0 Å². The van der Waals surface area contributed by atoms with Gasteiger partial charge in [0, 0.05) is 32.5 Å². The van der Waals surface area contributed by atoms with E-state index in [1.165, 1.54) is 0 Å². The third-order valence-corrected chi connectivity index (χ3v) is 3.05. The Morgan fingerprint density at radius 2 is 2.31 bits per heavy atom. The van der Waals surface area contributed by atoms with Crippen LogP contribution in [0.3, 0.4) is 0 Å². The monoisotopic (exact) mass is 217 g/mol. The minimum absolute atomic E-state index is 0.0654. The van der Waals surface area contributed by atoms with Crippen LogP contribution in [0.5, 0.6) is 5.75 Å². The second-order valence-electron chi connectivity index (χ2n) is 4.63. The number of pyridine rings is 1. The molecule has 2 aromatic rings. The molecule has 1 saturated heterocycles. The van der Waals surface area contributed by atoms with Gasteiger partial charge in [0.2, 0.25) is 0 Å². The van der Waals surface area contributed by atoms with E-state index in [0.717, 1.165) is 29.9 Å². The van der Waals surface area contributed by atoms with Crippen LogP contribution in [-0.2, 0) is 7.05 Å². The van der Waals surface area contributed by atoms with Crippen molar-refractivity contribution in [2.75, 3.05) is 13.1 Å². The van der Waals surface area contributed by atoms with Crippen molar-refractivity contribution in [3.63, 3.8) is 0 Å². The number of hydrogen-bond donors (Lipinski definition) is 1. The van der Waals surface area contributed by atoms with Gasteiger partial charge in [-0.3, -0.25) is 0 Å².